The van der Waals surface area contributed by atoms with Gasteiger partial charge in [0.15, 0.2) is 0 Å². The molecule has 0 fully saturated rings. The molecule has 16 heavy (non-hydrogen) atoms. The van der Waals surface area contributed by atoms with Crippen molar-refractivity contribution in [2.24, 2.45) is 5.73 Å². The zero-order valence-corrected chi connectivity index (χ0v) is 8.81. The summed E-state index contributed by atoms with van der Waals surface area (Å²) in [5, 5.41) is 12.0. The number of phenols is 1. The van der Waals surface area contributed by atoms with E-state index >= 15 is 0 Å². The van der Waals surface area contributed by atoms with Crippen LogP contribution in [0.15, 0.2) is 24.3 Å². The molecular weight excluding hydrogens is 206 g/mol. The minimum Gasteiger partial charge on any atom is -0.507 e. The van der Waals surface area contributed by atoms with E-state index in [-0.39, 0.29) is 11.7 Å². The van der Waals surface area contributed by atoms with Crippen LogP contribution in [0.25, 0.3) is 6.08 Å². The highest BCUT2D eigenvalue weighted by Crippen LogP contribution is 2.20. The first-order chi connectivity index (χ1) is 7.63. The second-order valence-electron chi connectivity index (χ2n) is 3.23. The molecule has 0 aliphatic heterocycles. The number of amides is 1. The topological polar surface area (TPSA) is 101 Å². The summed E-state index contributed by atoms with van der Waals surface area (Å²) in [6, 6.07) is 4.65. The first-order valence-corrected chi connectivity index (χ1v) is 4.88. The van der Waals surface area contributed by atoms with E-state index in [0.29, 0.717) is 24.3 Å². The van der Waals surface area contributed by atoms with Crippen molar-refractivity contribution in [3.8, 4) is 5.75 Å². The summed E-state index contributed by atoms with van der Waals surface area (Å²) in [5.41, 5.74) is 11.8. The Morgan fingerprint density at radius 2 is 2.25 bits per heavy atom. The minimum absolute atomic E-state index is 0.0806. The van der Waals surface area contributed by atoms with Gasteiger partial charge in [0, 0.05) is 30.4 Å². The van der Waals surface area contributed by atoms with Gasteiger partial charge in [-0.15, -0.1) is 0 Å². The molecule has 86 valence electrons. The molecule has 1 aromatic rings. The number of aromatic hydroxyl groups is 1. The average Bonchev–Trinajstić information content (AvgIpc) is 2.27. The van der Waals surface area contributed by atoms with Crippen LogP contribution < -0.4 is 16.8 Å². The third-order valence-corrected chi connectivity index (χ3v) is 1.91. The fourth-order valence-electron chi connectivity index (χ4n) is 1.13. The summed E-state index contributed by atoms with van der Waals surface area (Å²) in [4.78, 5) is 11.2. The molecule has 0 aliphatic rings. The van der Waals surface area contributed by atoms with Gasteiger partial charge in [-0.1, -0.05) is 0 Å². The quantitative estimate of drug-likeness (QED) is 0.328. The predicted molar refractivity (Wildman–Crippen MR) is 63.6 cm³/mol. The van der Waals surface area contributed by atoms with Crippen molar-refractivity contribution in [1.29, 1.82) is 0 Å². The molecule has 0 unspecified atom stereocenters. The zero-order valence-electron chi connectivity index (χ0n) is 8.81. The van der Waals surface area contributed by atoms with Crippen molar-refractivity contribution in [3.05, 3.63) is 29.8 Å². The summed E-state index contributed by atoms with van der Waals surface area (Å²) < 4.78 is 0. The molecular formula is C11H15N3O2. The third-order valence-electron chi connectivity index (χ3n) is 1.91. The van der Waals surface area contributed by atoms with Gasteiger partial charge in [0.2, 0.25) is 5.91 Å². The number of nitrogens with two attached hydrogens (primary N) is 2. The van der Waals surface area contributed by atoms with Crippen LogP contribution in [-0.4, -0.2) is 24.1 Å². The van der Waals surface area contributed by atoms with Gasteiger partial charge < -0.3 is 21.9 Å². The number of anilines is 1. The maximum absolute atomic E-state index is 11.2. The van der Waals surface area contributed by atoms with Gasteiger partial charge in [-0.2, -0.15) is 0 Å². The van der Waals surface area contributed by atoms with E-state index in [0.717, 1.165) is 0 Å². The molecule has 5 nitrogen and oxygen atoms in total. The number of carbonyl (C=O) groups excluding carboxylic acids is 1. The summed E-state index contributed by atoms with van der Waals surface area (Å²) in [7, 11) is 0. The Bertz CT molecular complexity index is 402. The minimum atomic E-state index is -0.257. The molecule has 1 amide bonds. The first-order valence-electron chi connectivity index (χ1n) is 4.88. The van der Waals surface area contributed by atoms with Crippen LogP contribution in [0.3, 0.4) is 0 Å². The van der Waals surface area contributed by atoms with E-state index in [2.05, 4.69) is 5.32 Å². The van der Waals surface area contributed by atoms with Crippen LogP contribution in [0.5, 0.6) is 5.75 Å². The van der Waals surface area contributed by atoms with Crippen molar-refractivity contribution in [2.45, 2.75) is 0 Å². The summed E-state index contributed by atoms with van der Waals surface area (Å²) in [5.74, 6) is -0.177. The van der Waals surface area contributed by atoms with Crippen LogP contribution in [-0.2, 0) is 4.79 Å². The number of hydrogen-bond donors (Lipinski definition) is 4. The van der Waals surface area contributed by atoms with Gasteiger partial charge in [0.25, 0.3) is 0 Å². The Hall–Kier alpha value is -2.01. The lowest BCUT2D eigenvalue weighted by Gasteiger charge is -2.01. The molecule has 0 atom stereocenters. The normalized spacial score (nSPS) is 10.6. The molecule has 6 N–H and O–H groups in total. The monoisotopic (exact) mass is 221 g/mol. The lowest BCUT2D eigenvalue weighted by Crippen LogP contribution is -2.27. The first kappa shape index (κ1) is 12.1. The molecule has 1 aromatic carbocycles. The Balaban J connectivity index is 2.68. The van der Waals surface area contributed by atoms with Crippen LogP contribution in [0.1, 0.15) is 5.56 Å². The predicted octanol–water partition coefficient (Wildman–Crippen LogP) is 0.0625. The van der Waals surface area contributed by atoms with Crippen LogP contribution in [0.4, 0.5) is 5.69 Å². The fraction of sp³-hybridized carbons (Fsp3) is 0.182. The molecule has 0 aromatic heterocycles. The second kappa shape index (κ2) is 5.77. The Kier molecular flexibility index (Phi) is 4.35. The highest BCUT2D eigenvalue weighted by molar-refractivity contribution is 5.92. The third kappa shape index (κ3) is 3.62. The van der Waals surface area contributed by atoms with E-state index in [4.69, 9.17) is 11.5 Å². The van der Waals surface area contributed by atoms with Gasteiger partial charge in [-0.3, -0.25) is 4.79 Å². The van der Waals surface area contributed by atoms with E-state index < -0.39 is 0 Å². The lowest BCUT2D eigenvalue weighted by atomic mass is 10.1. The number of carbonyl (C=O) groups is 1. The van der Waals surface area contributed by atoms with E-state index in [9.17, 15) is 9.90 Å². The number of nitrogen functional groups attached to an aromatic ring is 1. The fourth-order valence-corrected chi connectivity index (χ4v) is 1.13. The highest BCUT2D eigenvalue weighted by Gasteiger charge is 1.98. The van der Waals surface area contributed by atoms with Gasteiger partial charge in [0.1, 0.15) is 5.75 Å². The van der Waals surface area contributed by atoms with Crippen molar-refractivity contribution in [1.82, 2.24) is 5.32 Å². The average molecular weight is 221 g/mol. The molecule has 0 aliphatic carbocycles. The maximum atomic E-state index is 11.2. The zero-order chi connectivity index (χ0) is 12.0. The molecule has 0 saturated carbocycles. The Labute approximate surface area is 93.8 Å². The Morgan fingerprint density at radius 3 is 2.94 bits per heavy atom. The summed E-state index contributed by atoms with van der Waals surface area (Å²) in [6.07, 6.45) is 2.82. The number of phenolic OH excluding ortho intramolecular Hbond substituents is 1. The molecule has 0 saturated heterocycles. The molecule has 5 heteroatoms. The van der Waals surface area contributed by atoms with E-state index in [1.54, 1.807) is 12.1 Å². The van der Waals surface area contributed by atoms with Crippen molar-refractivity contribution in [2.75, 3.05) is 18.8 Å². The molecule has 1 rings (SSSR count). The summed E-state index contributed by atoms with van der Waals surface area (Å²) >= 11 is 0. The van der Waals surface area contributed by atoms with E-state index in [1.807, 2.05) is 0 Å². The van der Waals surface area contributed by atoms with Crippen LogP contribution >= 0.6 is 0 Å². The van der Waals surface area contributed by atoms with Gasteiger partial charge in [0.05, 0.1) is 0 Å². The highest BCUT2D eigenvalue weighted by atomic mass is 16.3. The van der Waals surface area contributed by atoms with Crippen LogP contribution in [0, 0.1) is 0 Å². The van der Waals surface area contributed by atoms with Crippen molar-refractivity contribution < 1.29 is 9.90 Å². The second-order valence-corrected chi connectivity index (χ2v) is 3.23. The number of nitrogens with one attached hydrogen (secondary N) is 1. The molecule has 0 heterocycles. The number of benzene rings is 1. The molecule has 0 radical (unpaired) electrons. The summed E-state index contributed by atoms with van der Waals surface area (Å²) in [6.45, 7) is 0.815. The maximum Gasteiger partial charge on any atom is 0.244 e. The van der Waals surface area contributed by atoms with Crippen molar-refractivity contribution in [3.63, 3.8) is 0 Å². The van der Waals surface area contributed by atoms with E-state index in [1.165, 1.54) is 18.2 Å². The smallest absolute Gasteiger partial charge is 0.244 e. The number of hydrogen-bond acceptors (Lipinski definition) is 4. The number of rotatable bonds is 4. The largest absolute Gasteiger partial charge is 0.507 e. The van der Waals surface area contributed by atoms with Crippen molar-refractivity contribution >= 4 is 17.7 Å². The standard InChI is InChI=1S/C11H15N3O2/c12-5-6-14-11(16)4-1-8-7-9(13)2-3-10(8)15/h1-4,7,15H,5-6,12-13H2,(H,14,16). The lowest BCUT2D eigenvalue weighted by molar-refractivity contribution is -0.116. The SMILES string of the molecule is NCCNC(=O)C=Cc1cc(N)ccc1O. The molecule has 0 spiro atoms. The molecule has 0 bridgehead atoms. The van der Waals surface area contributed by atoms with Gasteiger partial charge in [-0.25, -0.2) is 0 Å². The van der Waals surface area contributed by atoms with Gasteiger partial charge >= 0.3 is 0 Å². The van der Waals surface area contributed by atoms with Gasteiger partial charge in [-0.05, 0) is 24.3 Å². The van der Waals surface area contributed by atoms with Crippen LogP contribution in [0.2, 0.25) is 0 Å². The Morgan fingerprint density at radius 1 is 1.50 bits per heavy atom.